The smallest absolute Gasteiger partial charge is 0.337 e. The fourth-order valence-electron chi connectivity index (χ4n) is 2.57. The fourth-order valence-corrected chi connectivity index (χ4v) is 2.57. The first kappa shape index (κ1) is 13.8. The van der Waals surface area contributed by atoms with Gasteiger partial charge in [0.25, 0.3) is 0 Å². The first-order valence-electron chi connectivity index (χ1n) is 6.33. The molecule has 2 aliphatic rings. The van der Waals surface area contributed by atoms with Crippen molar-refractivity contribution in [3.05, 3.63) is 23.5 Å². The summed E-state index contributed by atoms with van der Waals surface area (Å²) in [4.78, 5) is 23.1. The number of fused-ring (bicyclic) bond motifs is 1. The first-order valence-corrected chi connectivity index (χ1v) is 6.33. The van der Waals surface area contributed by atoms with Crippen molar-refractivity contribution < 1.29 is 23.8 Å². The lowest BCUT2D eigenvalue weighted by atomic mass is 9.83. The lowest BCUT2D eigenvalue weighted by Crippen LogP contribution is -2.37. The highest BCUT2D eigenvalue weighted by Gasteiger charge is 2.44. The molecule has 0 bridgehead atoms. The molecule has 0 saturated carbocycles. The van der Waals surface area contributed by atoms with Crippen LogP contribution in [0.5, 0.6) is 0 Å². The molecule has 0 N–H and O–H groups in total. The molecule has 104 valence electrons. The summed E-state index contributed by atoms with van der Waals surface area (Å²) in [5.41, 5.74) is 1.10. The summed E-state index contributed by atoms with van der Waals surface area (Å²) in [6.45, 7) is 3.59. The molecule has 1 heterocycles. The van der Waals surface area contributed by atoms with Gasteiger partial charge in [-0.3, -0.25) is 4.79 Å². The van der Waals surface area contributed by atoms with E-state index in [4.69, 9.17) is 14.2 Å². The molecule has 3 atom stereocenters. The van der Waals surface area contributed by atoms with Gasteiger partial charge >= 0.3 is 5.97 Å². The number of methoxy groups -OCH3 is 1. The van der Waals surface area contributed by atoms with E-state index in [2.05, 4.69) is 0 Å². The van der Waals surface area contributed by atoms with Crippen LogP contribution >= 0.6 is 0 Å². The van der Waals surface area contributed by atoms with Crippen molar-refractivity contribution in [3.8, 4) is 0 Å². The van der Waals surface area contributed by atoms with E-state index in [9.17, 15) is 9.59 Å². The first-order chi connectivity index (χ1) is 9.08. The van der Waals surface area contributed by atoms with Gasteiger partial charge in [0.15, 0.2) is 0 Å². The maximum absolute atomic E-state index is 12.0. The monoisotopic (exact) mass is 266 g/mol. The second-order valence-corrected chi connectivity index (χ2v) is 4.96. The van der Waals surface area contributed by atoms with E-state index in [0.717, 1.165) is 6.29 Å². The zero-order valence-electron chi connectivity index (χ0n) is 11.3. The minimum atomic E-state index is -0.528. The molecule has 1 aliphatic carbocycles. The van der Waals surface area contributed by atoms with Gasteiger partial charge in [-0.25, -0.2) is 4.79 Å². The summed E-state index contributed by atoms with van der Waals surface area (Å²) in [6, 6.07) is 0. The maximum Gasteiger partial charge on any atom is 0.337 e. The molecule has 0 unspecified atom stereocenters. The van der Waals surface area contributed by atoms with Crippen LogP contribution in [0, 0.1) is 11.8 Å². The van der Waals surface area contributed by atoms with Gasteiger partial charge < -0.3 is 14.2 Å². The maximum atomic E-state index is 12.0. The largest absolute Gasteiger partial charge is 0.471 e. The third-order valence-corrected chi connectivity index (χ3v) is 3.39. The Balaban J connectivity index is 2.22. The molecule has 0 amide bonds. The number of hydrogen-bond acceptors (Lipinski definition) is 5. The van der Waals surface area contributed by atoms with Gasteiger partial charge in [-0.2, -0.15) is 0 Å². The van der Waals surface area contributed by atoms with Crippen molar-refractivity contribution in [2.45, 2.75) is 32.7 Å². The Morgan fingerprint density at radius 3 is 2.84 bits per heavy atom. The predicted octanol–water partition coefficient (Wildman–Crippen LogP) is 1.59. The van der Waals surface area contributed by atoms with Crippen molar-refractivity contribution in [1.29, 1.82) is 0 Å². The molecule has 0 aromatic heterocycles. The standard InChI is InChI=1S/C14H18O5/c1-8(2)19-13(16)11-7-18-14(17-3)12-9(6-15)4-5-10(11)12/h4,6-8,10,12,14H,5H2,1-3H3/t10-,12-,14-/m1/s1. The molecular formula is C14H18O5. The lowest BCUT2D eigenvalue weighted by Gasteiger charge is -2.33. The minimum Gasteiger partial charge on any atom is -0.471 e. The Morgan fingerprint density at radius 1 is 1.53 bits per heavy atom. The molecule has 5 heteroatoms. The summed E-state index contributed by atoms with van der Waals surface area (Å²) in [5, 5.41) is 0. The van der Waals surface area contributed by atoms with Crippen molar-refractivity contribution in [2.24, 2.45) is 11.8 Å². The molecule has 0 aromatic carbocycles. The van der Waals surface area contributed by atoms with E-state index < -0.39 is 6.29 Å². The molecule has 0 saturated heterocycles. The molecule has 0 aromatic rings. The number of allylic oxidation sites excluding steroid dienone is 1. The van der Waals surface area contributed by atoms with E-state index in [0.29, 0.717) is 17.6 Å². The topological polar surface area (TPSA) is 61.8 Å². The second kappa shape index (κ2) is 5.57. The summed E-state index contributed by atoms with van der Waals surface area (Å²) in [7, 11) is 1.52. The highest BCUT2D eigenvalue weighted by molar-refractivity contribution is 5.90. The Hall–Kier alpha value is -1.62. The Morgan fingerprint density at radius 2 is 2.26 bits per heavy atom. The van der Waals surface area contributed by atoms with Crippen LogP contribution in [-0.2, 0) is 23.8 Å². The van der Waals surface area contributed by atoms with Crippen molar-refractivity contribution in [2.75, 3.05) is 7.11 Å². The van der Waals surface area contributed by atoms with E-state index in [-0.39, 0.29) is 23.9 Å². The summed E-state index contributed by atoms with van der Waals surface area (Å²) >= 11 is 0. The van der Waals surface area contributed by atoms with Gasteiger partial charge in [-0.15, -0.1) is 0 Å². The van der Waals surface area contributed by atoms with Crippen molar-refractivity contribution in [1.82, 2.24) is 0 Å². The minimum absolute atomic E-state index is 0.106. The van der Waals surface area contributed by atoms with Crippen molar-refractivity contribution in [3.63, 3.8) is 0 Å². The average Bonchev–Trinajstić information content (AvgIpc) is 2.80. The number of rotatable bonds is 4. The summed E-state index contributed by atoms with van der Waals surface area (Å²) in [6.07, 6.45) is 3.95. The SMILES string of the molecule is CO[C@@H]1OC=C(C(=O)OC(C)C)[C@H]2CC=C(C=O)[C@@H]12. The van der Waals surface area contributed by atoms with Gasteiger partial charge in [0.1, 0.15) is 6.29 Å². The number of carbonyl (C=O) groups is 2. The number of esters is 1. The zero-order valence-corrected chi connectivity index (χ0v) is 11.3. The van der Waals surface area contributed by atoms with Crippen LogP contribution in [0.4, 0.5) is 0 Å². The lowest BCUT2D eigenvalue weighted by molar-refractivity contribution is -0.151. The third kappa shape index (κ3) is 2.56. The molecular weight excluding hydrogens is 248 g/mol. The van der Waals surface area contributed by atoms with Crippen LogP contribution in [0.2, 0.25) is 0 Å². The van der Waals surface area contributed by atoms with Crippen LogP contribution in [0.15, 0.2) is 23.5 Å². The van der Waals surface area contributed by atoms with Gasteiger partial charge in [-0.05, 0) is 25.8 Å². The Kier molecular flexibility index (Phi) is 4.04. The number of ether oxygens (including phenoxy) is 3. The van der Waals surface area contributed by atoms with E-state index in [1.54, 1.807) is 13.8 Å². The van der Waals surface area contributed by atoms with Crippen LogP contribution in [0.1, 0.15) is 20.3 Å². The molecule has 0 radical (unpaired) electrons. The highest BCUT2D eigenvalue weighted by atomic mass is 16.7. The number of aldehydes is 1. The van der Waals surface area contributed by atoms with E-state index >= 15 is 0 Å². The van der Waals surface area contributed by atoms with Crippen LogP contribution in [-0.4, -0.2) is 31.8 Å². The van der Waals surface area contributed by atoms with Crippen LogP contribution in [0.3, 0.4) is 0 Å². The third-order valence-electron chi connectivity index (χ3n) is 3.39. The van der Waals surface area contributed by atoms with Crippen LogP contribution in [0.25, 0.3) is 0 Å². The zero-order chi connectivity index (χ0) is 14.0. The quantitative estimate of drug-likeness (QED) is 0.571. The van der Waals surface area contributed by atoms with Gasteiger partial charge in [0.05, 0.1) is 23.9 Å². The molecule has 19 heavy (non-hydrogen) atoms. The second-order valence-electron chi connectivity index (χ2n) is 4.96. The Labute approximate surface area is 112 Å². The van der Waals surface area contributed by atoms with Gasteiger partial charge in [-0.1, -0.05) is 6.08 Å². The Bertz CT molecular complexity index is 435. The number of carbonyl (C=O) groups excluding carboxylic acids is 2. The average molecular weight is 266 g/mol. The molecule has 0 fully saturated rings. The molecule has 1 aliphatic heterocycles. The molecule has 0 spiro atoms. The van der Waals surface area contributed by atoms with Crippen molar-refractivity contribution >= 4 is 12.3 Å². The summed E-state index contributed by atoms with van der Waals surface area (Å²) < 4.78 is 15.8. The van der Waals surface area contributed by atoms with E-state index in [1.807, 2.05) is 6.08 Å². The van der Waals surface area contributed by atoms with E-state index in [1.165, 1.54) is 13.4 Å². The number of hydrogen-bond donors (Lipinski definition) is 0. The van der Waals surface area contributed by atoms with Gasteiger partial charge in [0.2, 0.25) is 6.29 Å². The highest BCUT2D eigenvalue weighted by Crippen LogP contribution is 2.42. The molecule has 2 rings (SSSR count). The van der Waals surface area contributed by atoms with Gasteiger partial charge in [0, 0.05) is 13.0 Å². The normalized spacial score (nSPS) is 29.2. The fraction of sp³-hybridized carbons (Fsp3) is 0.571. The molecule has 5 nitrogen and oxygen atoms in total. The van der Waals surface area contributed by atoms with Crippen LogP contribution < -0.4 is 0 Å². The summed E-state index contributed by atoms with van der Waals surface area (Å²) in [5.74, 6) is -0.729. The predicted molar refractivity (Wildman–Crippen MR) is 66.9 cm³/mol.